The maximum absolute atomic E-state index is 14.6. The van der Waals surface area contributed by atoms with E-state index in [1.807, 2.05) is 31.2 Å². The standard InChI is InChI=1S/C32H36F2/c1-3-4-6-11-30-31(33)21-29(22-32(30)34)28-18-16-27(17-19-28)26-14-12-24(13-15-26)20-23(2)25-9-7-5-8-10-25/h3-5,7-10,16-19,21-24,26H,6,11-15,20H2,1-2H3/t23-,24?,26?/m1/s1. The van der Waals surface area contributed by atoms with Crippen molar-refractivity contribution in [3.63, 3.8) is 0 Å². The van der Waals surface area contributed by atoms with E-state index in [9.17, 15) is 8.78 Å². The van der Waals surface area contributed by atoms with Crippen molar-refractivity contribution in [2.75, 3.05) is 0 Å². The molecule has 0 nitrogen and oxygen atoms in total. The Labute approximate surface area is 203 Å². The van der Waals surface area contributed by atoms with E-state index >= 15 is 0 Å². The van der Waals surface area contributed by atoms with Crippen molar-refractivity contribution in [2.24, 2.45) is 5.92 Å². The molecule has 0 N–H and O–H groups in total. The summed E-state index contributed by atoms with van der Waals surface area (Å²) < 4.78 is 29.1. The summed E-state index contributed by atoms with van der Waals surface area (Å²) in [6.07, 6.45) is 11.1. The maximum Gasteiger partial charge on any atom is 0.129 e. The van der Waals surface area contributed by atoms with Gasteiger partial charge in [-0.05, 0) is 104 Å². The van der Waals surface area contributed by atoms with Crippen LogP contribution in [0.3, 0.4) is 0 Å². The van der Waals surface area contributed by atoms with E-state index in [-0.39, 0.29) is 5.56 Å². The van der Waals surface area contributed by atoms with Gasteiger partial charge in [-0.1, -0.05) is 73.7 Å². The minimum atomic E-state index is -0.452. The summed E-state index contributed by atoms with van der Waals surface area (Å²) in [5, 5.41) is 0. The minimum Gasteiger partial charge on any atom is -0.207 e. The molecule has 178 valence electrons. The lowest BCUT2D eigenvalue weighted by Crippen LogP contribution is -2.15. The van der Waals surface area contributed by atoms with E-state index in [2.05, 4.69) is 49.4 Å². The quantitative estimate of drug-likeness (QED) is 0.295. The molecule has 1 aliphatic rings. The Bertz CT molecular complexity index is 1050. The molecule has 1 saturated carbocycles. The third-order valence-electron chi connectivity index (χ3n) is 7.56. The highest BCUT2D eigenvalue weighted by atomic mass is 19.1. The number of rotatable bonds is 8. The van der Waals surface area contributed by atoms with E-state index in [1.54, 1.807) is 0 Å². The van der Waals surface area contributed by atoms with E-state index in [4.69, 9.17) is 0 Å². The lowest BCUT2D eigenvalue weighted by molar-refractivity contribution is 0.297. The predicted molar refractivity (Wildman–Crippen MR) is 139 cm³/mol. The number of allylic oxidation sites excluding steroid dienone is 2. The van der Waals surface area contributed by atoms with Crippen LogP contribution in [0.2, 0.25) is 0 Å². The van der Waals surface area contributed by atoms with Crippen LogP contribution in [0.1, 0.15) is 80.9 Å². The number of benzene rings is 3. The summed E-state index contributed by atoms with van der Waals surface area (Å²) in [6, 6.07) is 22.1. The van der Waals surface area contributed by atoms with Gasteiger partial charge in [-0.15, -0.1) is 0 Å². The predicted octanol–water partition coefficient (Wildman–Crippen LogP) is 9.61. The van der Waals surface area contributed by atoms with Crippen LogP contribution in [0.15, 0.2) is 78.9 Å². The molecule has 2 heteroatoms. The normalized spacial score (nSPS) is 19.4. The van der Waals surface area contributed by atoms with Crippen LogP contribution in [-0.4, -0.2) is 0 Å². The van der Waals surface area contributed by atoms with E-state index in [0.717, 1.165) is 11.5 Å². The molecular weight excluding hydrogens is 422 g/mol. The van der Waals surface area contributed by atoms with Gasteiger partial charge in [0.1, 0.15) is 11.6 Å². The first-order valence-electron chi connectivity index (χ1n) is 12.8. The van der Waals surface area contributed by atoms with Gasteiger partial charge in [-0.2, -0.15) is 0 Å². The van der Waals surface area contributed by atoms with Crippen LogP contribution < -0.4 is 0 Å². The van der Waals surface area contributed by atoms with Crippen LogP contribution in [0, 0.1) is 17.6 Å². The molecule has 0 saturated heterocycles. The molecule has 0 radical (unpaired) electrons. The average Bonchev–Trinajstić information content (AvgIpc) is 2.87. The van der Waals surface area contributed by atoms with Gasteiger partial charge in [-0.25, -0.2) is 8.78 Å². The molecule has 4 rings (SSSR count). The van der Waals surface area contributed by atoms with Crippen LogP contribution in [0.25, 0.3) is 11.1 Å². The van der Waals surface area contributed by atoms with E-state index in [0.29, 0.717) is 30.2 Å². The molecule has 34 heavy (non-hydrogen) atoms. The van der Waals surface area contributed by atoms with E-state index in [1.165, 1.54) is 55.4 Å². The molecule has 0 aliphatic heterocycles. The zero-order valence-corrected chi connectivity index (χ0v) is 20.4. The minimum absolute atomic E-state index is 0.178. The smallest absolute Gasteiger partial charge is 0.129 e. The summed E-state index contributed by atoms with van der Waals surface area (Å²) in [6.45, 7) is 4.26. The van der Waals surface area contributed by atoms with Crippen LogP contribution >= 0.6 is 0 Å². The van der Waals surface area contributed by atoms with Crippen LogP contribution in [-0.2, 0) is 6.42 Å². The first-order valence-corrected chi connectivity index (χ1v) is 12.8. The van der Waals surface area contributed by atoms with Gasteiger partial charge < -0.3 is 0 Å². The lowest BCUT2D eigenvalue weighted by atomic mass is 9.75. The van der Waals surface area contributed by atoms with Crippen molar-refractivity contribution < 1.29 is 8.78 Å². The SMILES string of the molecule is CC=CCCc1c(F)cc(-c2ccc(C3CCC(C[C@@H](C)c4ccccc4)CC3)cc2)cc1F. The van der Waals surface area contributed by atoms with Crippen molar-refractivity contribution in [1.82, 2.24) is 0 Å². The summed E-state index contributed by atoms with van der Waals surface area (Å²) in [5.41, 5.74) is 4.44. The third kappa shape index (κ3) is 6.03. The summed E-state index contributed by atoms with van der Waals surface area (Å²) in [7, 11) is 0. The Hall–Kier alpha value is -2.74. The molecule has 1 aliphatic carbocycles. The highest BCUT2D eigenvalue weighted by Gasteiger charge is 2.24. The van der Waals surface area contributed by atoms with Crippen LogP contribution in [0.5, 0.6) is 0 Å². The number of halogens is 2. The molecule has 0 bridgehead atoms. The largest absolute Gasteiger partial charge is 0.207 e. The fourth-order valence-electron chi connectivity index (χ4n) is 5.50. The molecule has 0 unspecified atom stereocenters. The molecule has 3 aromatic carbocycles. The molecule has 1 fully saturated rings. The van der Waals surface area contributed by atoms with Gasteiger partial charge in [-0.3, -0.25) is 0 Å². The van der Waals surface area contributed by atoms with Gasteiger partial charge in [0.05, 0.1) is 0 Å². The Balaban J connectivity index is 1.35. The van der Waals surface area contributed by atoms with Gasteiger partial charge in [0.15, 0.2) is 0 Å². The van der Waals surface area contributed by atoms with Gasteiger partial charge in [0.2, 0.25) is 0 Å². The van der Waals surface area contributed by atoms with Crippen molar-refractivity contribution in [2.45, 2.75) is 70.6 Å². The van der Waals surface area contributed by atoms with Crippen molar-refractivity contribution >= 4 is 0 Å². The first kappa shape index (κ1) is 24.4. The second kappa shape index (κ2) is 11.6. The highest BCUT2D eigenvalue weighted by Crippen LogP contribution is 2.40. The number of hydrogen-bond donors (Lipinski definition) is 0. The Morgan fingerprint density at radius 2 is 1.50 bits per heavy atom. The monoisotopic (exact) mass is 458 g/mol. The molecule has 1 atom stereocenters. The Morgan fingerprint density at radius 1 is 0.853 bits per heavy atom. The zero-order chi connectivity index (χ0) is 23.9. The fourth-order valence-corrected chi connectivity index (χ4v) is 5.50. The molecule has 0 aromatic heterocycles. The Kier molecular flexibility index (Phi) is 8.32. The van der Waals surface area contributed by atoms with Crippen molar-refractivity contribution in [3.05, 3.63) is 107 Å². The number of hydrogen-bond acceptors (Lipinski definition) is 0. The third-order valence-corrected chi connectivity index (χ3v) is 7.56. The lowest BCUT2D eigenvalue weighted by Gasteiger charge is -2.30. The summed E-state index contributed by atoms with van der Waals surface area (Å²) in [5.74, 6) is 1.08. The first-order chi connectivity index (χ1) is 16.5. The van der Waals surface area contributed by atoms with Crippen molar-refractivity contribution in [3.8, 4) is 11.1 Å². The Morgan fingerprint density at radius 3 is 2.12 bits per heavy atom. The van der Waals surface area contributed by atoms with Gasteiger partial charge >= 0.3 is 0 Å². The molecular formula is C32H36F2. The van der Waals surface area contributed by atoms with Crippen LogP contribution in [0.4, 0.5) is 8.78 Å². The highest BCUT2D eigenvalue weighted by molar-refractivity contribution is 5.64. The topological polar surface area (TPSA) is 0 Å². The van der Waals surface area contributed by atoms with Gasteiger partial charge in [0.25, 0.3) is 0 Å². The second-order valence-electron chi connectivity index (χ2n) is 9.91. The maximum atomic E-state index is 14.6. The van der Waals surface area contributed by atoms with E-state index < -0.39 is 11.6 Å². The average molecular weight is 459 g/mol. The summed E-state index contributed by atoms with van der Waals surface area (Å²) >= 11 is 0. The van der Waals surface area contributed by atoms with Crippen molar-refractivity contribution in [1.29, 1.82) is 0 Å². The molecule has 0 spiro atoms. The molecule has 0 heterocycles. The molecule has 0 amide bonds. The molecule has 3 aromatic rings. The fraction of sp³-hybridized carbons (Fsp3) is 0.375. The summed E-state index contributed by atoms with van der Waals surface area (Å²) in [4.78, 5) is 0. The zero-order valence-electron chi connectivity index (χ0n) is 20.4. The van der Waals surface area contributed by atoms with Gasteiger partial charge in [0, 0.05) is 5.56 Å². The second-order valence-corrected chi connectivity index (χ2v) is 9.91.